The molecule has 3 aromatic carbocycles. The molecule has 17 heteroatoms. The number of thiazole rings is 1. The van der Waals surface area contributed by atoms with E-state index >= 15 is 0 Å². The van der Waals surface area contributed by atoms with Gasteiger partial charge in [0.25, 0.3) is 11.8 Å². The van der Waals surface area contributed by atoms with Crippen molar-refractivity contribution < 1.29 is 43.3 Å². The van der Waals surface area contributed by atoms with Crippen LogP contribution in [0.15, 0.2) is 101 Å². The molecule has 0 saturated carbocycles. The van der Waals surface area contributed by atoms with E-state index in [-0.39, 0.29) is 22.2 Å². The van der Waals surface area contributed by atoms with E-state index in [0.29, 0.717) is 22.8 Å². The zero-order valence-corrected chi connectivity index (χ0v) is 38.0. The Bertz CT molecular complexity index is 2290. The number of nitrogens with one attached hydrogen (secondary N) is 2. The highest BCUT2D eigenvalue weighted by Crippen LogP contribution is 2.44. The number of carbonyl (C=O) groups excluding carboxylic acids is 4. The van der Waals surface area contributed by atoms with Gasteiger partial charge in [-0.3, -0.25) is 14.5 Å². The molecular weight excluding hydrogens is 854 g/mol. The van der Waals surface area contributed by atoms with Crippen LogP contribution in [0.2, 0.25) is 0 Å². The van der Waals surface area contributed by atoms with Gasteiger partial charge in [0.15, 0.2) is 16.9 Å². The van der Waals surface area contributed by atoms with Crippen LogP contribution in [0.3, 0.4) is 0 Å². The molecule has 1 aromatic heterocycles. The Morgan fingerprint density at radius 1 is 0.919 bits per heavy atom. The zero-order chi connectivity index (χ0) is 45.0. The van der Waals surface area contributed by atoms with Crippen molar-refractivity contribution in [2.24, 2.45) is 5.16 Å². The number of halogens is 1. The number of ether oxygens (including phenoxy) is 3. The summed E-state index contributed by atoms with van der Waals surface area (Å²) in [7, 11) is 0. The Labute approximate surface area is 374 Å². The van der Waals surface area contributed by atoms with Crippen molar-refractivity contribution in [2.45, 2.75) is 102 Å². The highest BCUT2D eigenvalue weighted by atomic mass is 35.5. The molecule has 14 nitrogen and oxygen atoms in total. The highest BCUT2D eigenvalue weighted by Gasteiger charge is 2.55. The standard InChI is InChI=1S/C45H50ClN5O9S2/c1-43(2,3)58-40(55)45(7,8)60-50-32(31-25-62-41(47-31)49-42(56)59-44(4,5)6)36(52)48-33-37(53)51-34(30(24-61-38(33)51)27-21-19-26(23-46)20-22-27)39(54)57-35(28-15-11-9-12-16-28)29-17-13-10-14-18-29/h9-22,25,33,35,38,42,56H,23-24H2,1-8H3,(H,47,49)(H,48,52)/b50-32-/t33-,38-,42?/m1/s1. The van der Waals surface area contributed by atoms with Crippen molar-refractivity contribution >= 4 is 74.9 Å². The maximum Gasteiger partial charge on any atom is 0.356 e. The number of aliphatic hydroxyl groups excluding tert-OH is 1. The van der Waals surface area contributed by atoms with Gasteiger partial charge >= 0.3 is 11.9 Å². The Morgan fingerprint density at radius 3 is 2.10 bits per heavy atom. The minimum absolute atomic E-state index is 0.0116. The summed E-state index contributed by atoms with van der Waals surface area (Å²) in [4.78, 5) is 67.7. The van der Waals surface area contributed by atoms with Gasteiger partial charge < -0.3 is 34.8 Å². The Balaban J connectivity index is 1.31. The van der Waals surface area contributed by atoms with E-state index in [4.69, 9.17) is 30.6 Å². The first-order chi connectivity index (χ1) is 29.2. The summed E-state index contributed by atoms with van der Waals surface area (Å²) < 4.78 is 17.4. The van der Waals surface area contributed by atoms with Gasteiger partial charge in [0.1, 0.15) is 28.4 Å². The van der Waals surface area contributed by atoms with Crippen LogP contribution in [0.4, 0.5) is 5.13 Å². The molecule has 0 spiro atoms. The number of hydrogen-bond acceptors (Lipinski definition) is 14. The summed E-state index contributed by atoms with van der Waals surface area (Å²) in [5.41, 5.74) is 0.176. The van der Waals surface area contributed by atoms with Crippen LogP contribution in [-0.2, 0) is 44.1 Å². The lowest BCUT2D eigenvalue weighted by Gasteiger charge is -2.49. The van der Waals surface area contributed by atoms with Gasteiger partial charge in [-0.05, 0) is 77.6 Å². The summed E-state index contributed by atoms with van der Waals surface area (Å²) in [5.74, 6) is -2.28. The lowest BCUT2D eigenvalue weighted by Crippen LogP contribution is -2.71. The normalized spacial score (nSPS) is 17.5. The number of carbonyl (C=O) groups is 4. The number of benzene rings is 3. The molecule has 1 fully saturated rings. The first-order valence-electron chi connectivity index (χ1n) is 19.8. The van der Waals surface area contributed by atoms with E-state index in [1.54, 1.807) is 41.5 Å². The SMILES string of the molecule is CC(C)(C)OC(=O)C(C)(C)O/N=C(\C(=O)N[C@@H]1C(=O)N2C(C(=O)OC(c3ccccc3)c3ccccc3)=C(c3ccc(CCl)cc3)CS[C@H]12)c1csc(NC(O)OC(C)(C)C)n1. The number of fused-ring (bicyclic) bond motifs is 1. The molecule has 0 radical (unpaired) electrons. The topological polar surface area (TPSA) is 178 Å². The van der Waals surface area contributed by atoms with E-state index in [9.17, 15) is 24.3 Å². The van der Waals surface area contributed by atoms with Crippen LogP contribution in [0, 0.1) is 0 Å². The monoisotopic (exact) mass is 903 g/mol. The van der Waals surface area contributed by atoms with Crippen molar-refractivity contribution in [3.63, 3.8) is 0 Å². The average Bonchev–Trinajstić information content (AvgIpc) is 3.68. The van der Waals surface area contributed by atoms with Crippen LogP contribution in [0.25, 0.3) is 5.57 Å². The number of rotatable bonds is 15. The molecule has 3 atom stereocenters. The molecule has 2 aliphatic rings. The fraction of sp³-hybridized carbons (Fsp3) is 0.378. The summed E-state index contributed by atoms with van der Waals surface area (Å²) in [6.45, 7) is 13.3. The summed E-state index contributed by atoms with van der Waals surface area (Å²) >= 11 is 8.50. The Kier molecular flexibility index (Phi) is 14.2. The van der Waals surface area contributed by atoms with Crippen molar-refractivity contribution in [3.05, 3.63) is 124 Å². The van der Waals surface area contributed by atoms with Gasteiger partial charge in [0.2, 0.25) is 12.0 Å². The second-order valence-corrected chi connectivity index (χ2v) is 19.2. The summed E-state index contributed by atoms with van der Waals surface area (Å²) in [5, 5.41) is 21.0. The molecule has 328 valence electrons. The lowest BCUT2D eigenvalue weighted by molar-refractivity contribution is -0.179. The third-order valence-electron chi connectivity index (χ3n) is 9.26. The maximum atomic E-state index is 14.6. The van der Waals surface area contributed by atoms with E-state index in [2.05, 4.69) is 20.8 Å². The Morgan fingerprint density at radius 2 is 1.53 bits per heavy atom. The van der Waals surface area contributed by atoms with Crippen LogP contribution in [0.5, 0.6) is 0 Å². The fourth-order valence-corrected chi connectivity index (χ4v) is 8.56. The predicted octanol–water partition coefficient (Wildman–Crippen LogP) is 7.37. The Hall–Kier alpha value is -5.26. The third-order valence-corrected chi connectivity index (χ3v) is 11.6. The number of anilines is 1. The minimum Gasteiger partial charge on any atom is -0.457 e. The van der Waals surface area contributed by atoms with E-state index in [1.165, 1.54) is 35.9 Å². The molecule has 1 saturated heterocycles. The molecule has 1 unspecified atom stereocenters. The second kappa shape index (κ2) is 19.0. The summed E-state index contributed by atoms with van der Waals surface area (Å²) in [6.07, 6.45) is -2.22. The van der Waals surface area contributed by atoms with Gasteiger partial charge in [0, 0.05) is 22.6 Å². The molecular formula is C45H50ClN5O9S2. The van der Waals surface area contributed by atoms with E-state index in [0.717, 1.165) is 28.0 Å². The molecule has 6 rings (SSSR count). The van der Waals surface area contributed by atoms with Crippen LogP contribution < -0.4 is 10.6 Å². The molecule has 2 aliphatic heterocycles. The number of amides is 2. The number of aromatic nitrogens is 1. The van der Waals surface area contributed by atoms with Gasteiger partial charge in [-0.15, -0.1) is 34.7 Å². The van der Waals surface area contributed by atoms with Crippen LogP contribution in [0.1, 0.15) is 89.4 Å². The number of nitrogens with zero attached hydrogens (tertiary/aromatic N) is 3. The first kappa shape index (κ1) is 46.2. The van der Waals surface area contributed by atoms with Crippen LogP contribution >= 0.6 is 34.7 Å². The molecule has 3 heterocycles. The van der Waals surface area contributed by atoms with Crippen molar-refractivity contribution in [3.8, 4) is 0 Å². The summed E-state index contributed by atoms with van der Waals surface area (Å²) in [6, 6.07) is 24.9. The molecule has 62 heavy (non-hydrogen) atoms. The van der Waals surface area contributed by atoms with Crippen LogP contribution in [-0.4, -0.2) is 84.8 Å². The number of aliphatic hydroxyl groups is 1. The molecule has 4 aromatic rings. The fourth-order valence-electron chi connectivity index (χ4n) is 6.30. The number of hydrogen-bond donors (Lipinski definition) is 3. The maximum absolute atomic E-state index is 14.6. The number of oxime groups is 1. The van der Waals surface area contributed by atoms with E-state index < -0.39 is 64.5 Å². The lowest BCUT2D eigenvalue weighted by atomic mass is 9.97. The van der Waals surface area contributed by atoms with Crippen molar-refractivity contribution in [2.75, 3.05) is 11.1 Å². The number of esters is 2. The van der Waals surface area contributed by atoms with Gasteiger partial charge in [-0.1, -0.05) is 90.1 Å². The first-order valence-corrected chi connectivity index (χ1v) is 22.2. The quantitative estimate of drug-likeness (QED) is 0.0270. The van der Waals surface area contributed by atoms with Crippen molar-refractivity contribution in [1.82, 2.24) is 15.2 Å². The molecule has 3 N–H and O–H groups in total. The molecule has 2 amide bonds. The molecule has 0 bridgehead atoms. The zero-order valence-electron chi connectivity index (χ0n) is 35.6. The van der Waals surface area contributed by atoms with Gasteiger partial charge in [0.05, 0.1) is 5.60 Å². The third kappa shape index (κ3) is 11.2. The largest absolute Gasteiger partial charge is 0.457 e. The van der Waals surface area contributed by atoms with Crippen molar-refractivity contribution in [1.29, 1.82) is 0 Å². The predicted molar refractivity (Wildman–Crippen MR) is 239 cm³/mol. The number of β-lactam (4-membered cyclic amide) rings is 1. The molecule has 0 aliphatic carbocycles. The second-order valence-electron chi connectivity index (χ2n) is 16.9. The van der Waals surface area contributed by atoms with E-state index in [1.807, 2.05) is 84.9 Å². The smallest absolute Gasteiger partial charge is 0.356 e. The average molecular weight is 905 g/mol. The van der Waals surface area contributed by atoms with Gasteiger partial charge in [-0.2, -0.15) is 0 Å². The minimum atomic E-state index is -1.65. The number of alkyl halides is 1. The highest BCUT2D eigenvalue weighted by molar-refractivity contribution is 8.00. The van der Waals surface area contributed by atoms with Gasteiger partial charge in [-0.25, -0.2) is 14.6 Å². The number of thioether (sulfide) groups is 1.